The van der Waals surface area contributed by atoms with Crippen molar-refractivity contribution in [3.8, 4) is 0 Å². The molecule has 1 heterocycles. The Balaban J connectivity index is 3.02. The third-order valence-electron chi connectivity index (χ3n) is 3.42. The summed E-state index contributed by atoms with van der Waals surface area (Å²) >= 11 is 0. The van der Waals surface area contributed by atoms with Crippen molar-refractivity contribution in [2.75, 3.05) is 6.54 Å². The van der Waals surface area contributed by atoms with Gasteiger partial charge in [-0.2, -0.15) is 0 Å². The van der Waals surface area contributed by atoms with E-state index < -0.39 is 30.5 Å². The number of hydrogen-bond acceptors (Lipinski definition) is 2. The molecule has 1 N–H and O–H groups in total. The molecule has 98 valence electrons. The van der Waals surface area contributed by atoms with Gasteiger partial charge < -0.3 is 10.2 Å². The fraction of sp³-hybridized carbons (Fsp3) is 0.818. The molecule has 1 rings (SSSR count). The molecule has 1 saturated heterocycles. The Morgan fingerprint density at radius 2 is 1.88 bits per heavy atom. The minimum Gasteiger partial charge on any atom is -0.340 e. The Labute approximate surface area is 99.3 Å². The Kier molecular flexibility index (Phi) is 4.06. The van der Waals surface area contributed by atoms with Gasteiger partial charge in [0.15, 0.2) is 0 Å². The number of halogens is 2. The van der Waals surface area contributed by atoms with Crippen molar-refractivity contribution in [1.82, 2.24) is 10.2 Å². The number of carbonyl (C=O) groups excluding carboxylic acids is 2. The first-order valence-corrected chi connectivity index (χ1v) is 5.79. The van der Waals surface area contributed by atoms with E-state index in [0.717, 1.165) is 4.90 Å². The van der Waals surface area contributed by atoms with Crippen molar-refractivity contribution in [2.24, 2.45) is 0 Å². The zero-order valence-corrected chi connectivity index (χ0v) is 10.3. The molecule has 1 atom stereocenters. The summed E-state index contributed by atoms with van der Waals surface area (Å²) in [6.07, 6.45) is -1.82. The SMILES string of the molecule is CCC1(CC)NC(=O)C(C)N(CC(F)F)C1=O. The molecule has 1 aliphatic heterocycles. The Hall–Kier alpha value is -1.20. The minimum absolute atomic E-state index is 0.367. The molecule has 1 fully saturated rings. The van der Waals surface area contributed by atoms with E-state index in [4.69, 9.17) is 0 Å². The monoisotopic (exact) mass is 248 g/mol. The van der Waals surface area contributed by atoms with Crippen LogP contribution in [0, 0.1) is 0 Å². The van der Waals surface area contributed by atoms with E-state index in [0.29, 0.717) is 12.8 Å². The van der Waals surface area contributed by atoms with Crippen molar-refractivity contribution in [3.63, 3.8) is 0 Å². The molecule has 0 spiro atoms. The van der Waals surface area contributed by atoms with Crippen LogP contribution in [0.5, 0.6) is 0 Å². The van der Waals surface area contributed by atoms with Crippen molar-refractivity contribution in [1.29, 1.82) is 0 Å². The van der Waals surface area contributed by atoms with Crippen LogP contribution in [-0.2, 0) is 9.59 Å². The van der Waals surface area contributed by atoms with E-state index in [-0.39, 0.29) is 5.91 Å². The highest BCUT2D eigenvalue weighted by Gasteiger charge is 2.47. The van der Waals surface area contributed by atoms with Crippen molar-refractivity contribution in [2.45, 2.75) is 51.6 Å². The van der Waals surface area contributed by atoms with Gasteiger partial charge in [-0.15, -0.1) is 0 Å². The third kappa shape index (κ3) is 2.40. The van der Waals surface area contributed by atoms with Crippen LogP contribution in [-0.4, -0.2) is 41.3 Å². The Bertz CT molecular complexity index is 317. The molecule has 0 aromatic rings. The summed E-state index contributed by atoms with van der Waals surface area (Å²) in [6, 6.07) is -0.831. The maximum Gasteiger partial charge on any atom is 0.255 e. The lowest BCUT2D eigenvalue weighted by molar-refractivity contribution is -0.156. The molecule has 2 amide bonds. The summed E-state index contributed by atoms with van der Waals surface area (Å²) in [5.41, 5.74) is -1.02. The number of hydrogen-bond donors (Lipinski definition) is 1. The number of piperazine rings is 1. The molecule has 0 bridgehead atoms. The van der Waals surface area contributed by atoms with Gasteiger partial charge in [-0.3, -0.25) is 9.59 Å². The van der Waals surface area contributed by atoms with Crippen LogP contribution in [0.3, 0.4) is 0 Å². The zero-order valence-electron chi connectivity index (χ0n) is 10.3. The maximum atomic E-state index is 12.4. The van der Waals surface area contributed by atoms with Gasteiger partial charge in [-0.05, 0) is 19.8 Å². The van der Waals surface area contributed by atoms with Gasteiger partial charge in [-0.25, -0.2) is 8.78 Å². The van der Waals surface area contributed by atoms with E-state index >= 15 is 0 Å². The van der Waals surface area contributed by atoms with E-state index in [2.05, 4.69) is 5.32 Å². The Morgan fingerprint density at radius 1 is 1.35 bits per heavy atom. The summed E-state index contributed by atoms with van der Waals surface area (Å²) in [6.45, 7) is 4.30. The minimum atomic E-state index is -2.63. The molecule has 1 aliphatic rings. The molecule has 0 radical (unpaired) electrons. The van der Waals surface area contributed by atoms with Crippen LogP contribution < -0.4 is 5.32 Å². The summed E-state index contributed by atoms with van der Waals surface area (Å²) in [7, 11) is 0. The Morgan fingerprint density at radius 3 is 2.29 bits per heavy atom. The lowest BCUT2D eigenvalue weighted by Gasteiger charge is -2.44. The average Bonchev–Trinajstić information content (AvgIpc) is 2.29. The topological polar surface area (TPSA) is 49.4 Å². The standard InChI is InChI=1S/C11H18F2N2O2/c1-4-11(5-2)10(17)15(6-8(12)13)7(3)9(16)14-11/h7-8H,4-6H2,1-3H3,(H,14,16). The number of nitrogens with one attached hydrogen (secondary N) is 1. The lowest BCUT2D eigenvalue weighted by Crippen LogP contribution is -2.69. The average molecular weight is 248 g/mol. The fourth-order valence-corrected chi connectivity index (χ4v) is 2.10. The molecule has 1 unspecified atom stereocenters. The van der Waals surface area contributed by atoms with Gasteiger partial charge in [0.2, 0.25) is 11.8 Å². The van der Waals surface area contributed by atoms with Crippen LogP contribution in [0.25, 0.3) is 0 Å². The highest BCUT2D eigenvalue weighted by atomic mass is 19.3. The first-order chi connectivity index (χ1) is 7.88. The maximum absolute atomic E-state index is 12.4. The number of amides is 2. The fourth-order valence-electron chi connectivity index (χ4n) is 2.10. The second-order valence-electron chi connectivity index (χ2n) is 4.30. The molecule has 0 aromatic heterocycles. The first-order valence-electron chi connectivity index (χ1n) is 5.79. The molecule has 0 saturated carbocycles. The van der Waals surface area contributed by atoms with Crippen molar-refractivity contribution >= 4 is 11.8 Å². The van der Waals surface area contributed by atoms with Crippen LogP contribution >= 0.6 is 0 Å². The van der Waals surface area contributed by atoms with E-state index in [1.54, 1.807) is 13.8 Å². The van der Waals surface area contributed by atoms with E-state index in [1.165, 1.54) is 6.92 Å². The summed E-state index contributed by atoms with van der Waals surface area (Å²) in [5, 5.41) is 2.66. The van der Waals surface area contributed by atoms with Gasteiger partial charge >= 0.3 is 0 Å². The molecular weight excluding hydrogens is 230 g/mol. The smallest absolute Gasteiger partial charge is 0.255 e. The largest absolute Gasteiger partial charge is 0.340 e. The zero-order chi connectivity index (χ0) is 13.2. The van der Waals surface area contributed by atoms with Crippen LogP contribution in [0.2, 0.25) is 0 Å². The molecule has 6 heteroatoms. The first kappa shape index (κ1) is 13.9. The van der Waals surface area contributed by atoms with Gasteiger partial charge in [0.05, 0.1) is 6.54 Å². The molecular formula is C11H18F2N2O2. The predicted molar refractivity (Wildman–Crippen MR) is 58.6 cm³/mol. The predicted octanol–water partition coefficient (Wildman–Crippen LogP) is 1.16. The molecule has 17 heavy (non-hydrogen) atoms. The highest BCUT2D eigenvalue weighted by molar-refractivity contribution is 5.99. The summed E-state index contributed by atoms with van der Waals surface area (Å²) < 4.78 is 24.9. The highest BCUT2D eigenvalue weighted by Crippen LogP contribution is 2.25. The molecule has 4 nitrogen and oxygen atoms in total. The van der Waals surface area contributed by atoms with Gasteiger partial charge in [0.1, 0.15) is 11.6 Å². The van der Waals surface area contributed by atoms with Crippen molar-refractivity contribution < 1.29 is 18.4 Å². The van der Waals surface area contributed by atoms with Gasteiger partial charge in [0, 0.05) is 0 Å². The van der Waals surface area contributed by atoms with E-state index in [9.17, 15) is 18.4 Å². The van der Waals surface area contributed by atoms with Crippen LogP contribution in [0.15, 0.2) is 0 Å². The summed E-state index contributed by atoms with van der Waals surface area (Å²) in [5.74, 6) is -0.774. The molecule has 0 aliphatic carbocycles. The quantitative estimate of drug-likeness (QED) is 0.811. The van der Waals surface area contributed by atoms with E-state index in [1.807, 2.05) is 0 Å². The second kappa shape index (κ2) is 4.98. The van der Waals surface area contributed by atoms with Crippen LogP contribution in [0.4, 0.5) is 8.78 Å². The third-order valence-corrected chi connectivity index (χ3v) is 3.42. The van der Waals surface area contributed by atoms with Crippen LogP contribution in [0.1, 0.15) is 33.6 Å². The van der Waals surface area contributed by atoms with Gasteiger partial charge in [0.25, 0.3) is 6.43 Å². The number of carbonyl (C=O) groups is 2. The van der Waals surface area contributed by atoms with Crippen molar-refractivity contribution in [3.05, 3.63) is 0 Å². The second-order valence-corrected chi connectivity index (χ2v) is 4.30. The normalized spacial score (nSPS) is 24.1. The number of nitrogens with zero attached hydrogens (tertiary/aromatic N) is 1. The number of alkyl halides is 2. The van der Waals surface area contributed by atoms with Gasteiger partial charge in [-0.1, -0.05) is 13.8 Å². The number of rotatable bonds is 4. The molecule has 0 aromatic carbocycles. The lowest BCUT2D eigenvalue weighted by atomic mass is 9.87. The summed E-state index contributed by atoms with van der Waals surface area (Å²) in [4.78, 5) is 24.9.